The molecule has 0 amide bonds. The average molecular weight is 221 g/mol. The maximum Gasteiger partial charge on any atom is 0.307 e. The molecule has 0 spiro atoms. The predicted octanol–water partition coefficient (Wildman–Crippen LogP) is 1.94. The van der Waals surface area contributed by atoms with Crippen molar-refractivity contribution >= 4 is 27.6 Å². The summed E-state index contributed by atoms with van der Waals surface area (Å²) in [6, 6.07) is 0.307. The molecule has 1 atom stereocenters. The van der Waals surface area contributed by atoms with E-state index in [2.05, 4.69) is 11.8 Å². The van der Waals surface area contributed by atoms with Gasteiger partial charge in [0.15, 0.2) is 0 Å². The van der Waals surface area contributed by atoms with E-state index in [0.29, 0.717) is 19.1 Å². The Labute approximate surface area is 87.0 Å². The van der Waals surface area contributed by atoms with Gasteiger partial charge in [-0.15, -0.1) is 0 Å². The fraction of sp³-hybridized carbons (Fsp3) is 0.875. The molecule has 1 aliphatic heterocycles. The Kier molecular flexibility index (Phi) is 4.98. The molecule has 1 rings (SSSR count). The fourth-order valence-corrected chi connectivity index (χ4v) is 3.58. The second-order valence-corrected chi connectivity index (χ2v) is 5.34. The minimum atomic E-state index is -0.0862. The van der Waals surface area contributed by atoms with Crippen molar-refractivity contribution in [1.29, 1.82) is 0 Å². The van der Waals surface area contributed by atoms with Crippen molar-refractivity contribution in [2.24, 2.45) is 0 Å². The molecule has 1 saturated heterocycles. The number of carbonyl (C=O) groups is 1. The molecule has 0 aromatic heterocycles. The number of hydrogen-bond acceptors (Lipinski definition) is 5. The van der Waals surface area contributed by atoms with Crippen molar-refractivity contribution < 1.29 is 9.53 Å². The number of nitrogens with zero attached hydrogens (tertiary/aromatic N) is 1. The quantitative estimate of drug-likeness (QED) is 0.534. The molecule has 0 aromatic carbocycles. The third-order valence-electron chi connectivity index (χ3n) is 1.91. The zero-order valence-corrected chi connectivity index (χ0v) is 9.62. The zero-order chi connectivity index (χ0) is 9.68. The van der Waals surface area contributed by atoms with Crippen LogP contribution in [-0.2, 0) is 9.53 Å². The highest BCUT2D eigenvalue weighted by Crippen LogP contribution is 2.32. The summed E-state index contributed by atoms with van der Waals surface area (Å²) in [7, 11) is 3.68. The van der Waals surface area contributed by atoms with E-state index in [4.69, 9.17) is 4.74 Å². The lowest BCUT2D eigenvalue weighted by Gasteiger charge is -2.20. The standard InChI is InChI=1S/C8H15NO2S2/c1-3-11-8(10)4-7(2)9-5-12-13-6-9/h7H,3-6H2,1-2H3/t7-/m1/s1. The number of hydrogen-bond donors (Lipinski definition) is 0. The Hall–Kier alpha value is 0.130. The summed E-state index contributed by atoms with van der Waals surface area (Å²) in [5.41, 5.74) is 0. The summed E-state index contributed by atoms with van der Waals surface area (Å²) >= 11 is 0. The topological polar surface area (TPSA) is 29.5 Å². The highest BCUT2D eigenvalue weighted by Gasteiger charge is 2.21. The number of ether oxygens (including phenoxy) is 1. The SMILES string of the molecule is CCOC(=O)C[C@@H](C)N1CSSC1. The Morgan fingerprint density at radius 2 is 2.15 bits per heavy atom. The predicted molar refractivity (Wildman–Crippen MR) is 57.5 cm³/mol. The van der Waals surface area contributed by atoms with Crippen LogP contribution in [0.4, 0.5) is 0 Å². The molecule has 0 N–H and O–H groups in total. The van der Waals surface area contributed by atoms with Crippen LogP contribution in [0.3, 0.4) is 0 Å². The van der Waals surface area contributed by atoms with Crippen LogP contribution in [0.5, 0.6) is 0 Å². The Morgan fingerprint density at radius 3 is 2.69 bits per heavy atom. The minimum absolute atomic E-state index is 0.0862. The Morgan fingerprint density at radius 1 is 1.54 bits per heavy atom. The molecule has 0 unspecified atom stereocenters. The van der Waals surface area contributed by atoms with E-state index in [1.807, 2.05) is 28.5 Å². The Balaban J connectivity index is 2.22. The van der Waals surface area contributed by atoms with Gasteiger partial charge >= 0.3 is 5.97 Å². The number of esters is 1. The fourth-order valence-electron chi connectivity index (χ4n) is 1.09. The first kappa shape index (κ1) is 11.2. The van der Waals surface area contributed by atoms with Gasteiger partial charge in [-0.25, -0.2) is 0 Å². The van der Waals surface area contributed by atoms with Gasteiger partial charge in [-0.1, -0.05) is 21.6 Å². The summed E-state index contributed by atoms with van der Waals surface area (Å²) in [6.07, 6.45) is 0.509. The summed E-state index contributed by atoms with van der Waals surface area (Å²) in [5.74, 6) is 1.95. The summed E-state index contributed by atoms with van der Waals surface area (Å²) in [5, 5.41) is 0. The maximum absolute atomic E-state index is 11.1. The molecule has 1 heterocycles. The summed E-state index contributed by atoms with van der Waals surface area (Å²) in [4.78, 5) is 13.4. The maximum atomic E-state index is 11.1. The van der Waals surface area contributed by atoms with Gasteiger partial charge in [0.1, 0.15) is 0 Å². The van der Waals surface area contributed by atoms with Gasteiger partial charge < -0.3 is 4.74 Å². The third kappa shape index (κ3) is 3.79. The van der Waals surface area contributed by atoms with E-state index < -0.39 is 0 Å². The second-order valence-electron chi connectivity index (χ2n) is 2.94. The third-order valence-corrected chi connectivity index (χ3v) is 4.08. The molecule has 0 bridgehead atoms. The van der Waals surface area contributed by atoms with E-state index in [1.54, 1.807) is 0 Å². The van der Waals surface area contributed by atoms with Crippen LogP contribution in [0.25, 0.3) is 0 Å². The van der Waals surface area contributed by atoms with E-state index >= 15 is 0 Å². The van der Waals surface area contributed by atoms with Crippen LogP contribution in [0.15, 0.2) is 0 Å². The normalized spacial score (nSPS) is 20.2. The molecule has 1 fully saturated rings. The zero-order valence-electron chi connectivity index (χ0n) is 7.99. The van der Waals surface area contributed by atoms with Crippen LogP contribution in [0.2, 0.25) is 0 Å². The van der Waals surface area contributed by atoms with Crippen LogP contribution in [0.1, 0.15) is 20.3 Å². The molecule has 0 aromatic rings. The van der Waals surface area contributed by atoms with Gasteiger partial charge in [0.25, 0.3) is 0 Å². The van der Waals surface area contributed by atoms with Crippen LogP contribution < -0.4 is 0 Å². The molecule has 3 nitrogen and oxygen atoms in total. The van der Waals surface area contributed by atoms with Crippen molar-refractivity contribution in [3.63, 3.8) is 0 Å². The summed E-state index contributed by atoms with van der Waals surface area (Å²) in [6.45, 7) is 4.39. The van der Waals surface area contributed by atoms with E-state index in [1.165, 1.54) is 0 Å². The lowest BCUT2D eigenvalue weighted by atomic mass is 10.2. The first-order valence-electron chi connectivity index (χ1n) is 4.38. The molecule has 13 heavy (non-hydrogen) atoms. The van der Waals surface area contributed by atoms with Gasteiger partial charge in [-0.3, -0.25) is 9.69 Å². The first-order valence-corrected chi connectivity index (χ1v) is 6.87. The monoisotopic (exact) mass is 221 g/mol. The van der Waals surface area contributed by atoms with Crippen LogP contribution in [0, 0.1) is 0 Å². The van der Waals surface area contributed by atoms with Crippen molar-refractivity contribution in [3.8, 4) is 0 Å². The Bertz CT molecular complexity index is 172. The van der Waals surface area contributed by atoms with Crippen molar-refractivity contribution in [3.05, 3.63) is 0 Å². The molecular formula is C8H15NO2S2. The van der Waals surface area contributed by atoms with Gasteiger partial charge in [0, 0.05) is 6.04 Å². The molecule has 0 aliphatic carbocycles. The van der Waals surface area contributed by atoms with Crippen molar-refractivity contribution in [2.45, 2.75) is 26.3 Å². The van der Waals surface area contributed by atoms with Crippen molar-refractivity contribution in [2.75, 3.05) is 18.4 Å². The molecular weight excluding hydrogens is 206 g/mol. The lowest BCUT2D eigenvalue weighted by molar-refractivity contribution is -0.144. The van der Waals surface area contributed by atoms with Gasteiger partial charge in [0.05, 0.1) is 24.8 Å². The first-order chi connectivity index (χ1) is 6.24. The molecule has 0 radical (unpaired) electrons. The van der Waals surface area contributed by atoms with Gasteiger partial charge in [0.2, 0.25) is 0 Å². The van der Waals surface area contributed by atoms with Gasteiger partial charge in [-0.05, 0) is 13.8 Å². The highest BCUT2D eigenvalue weighted by atomic mass is 33.1. The minimum Gasteiger partial charge on any atom is -0.466 e. The lowest BCUT2D eigenvalue weighted by Crippen LogP contribution is -2.31. The van der Waals surface area contributed by atoms with Gasteiger partial charge in [-0.2, -0.15) is 0 Å². The van der Waals surface area contributed by atoms with E-state index in [-0.39, 0.29) is 5.97 Å². The number of rotatable bonds is 4. The smallest absolute Gasteiger partial charge is 0.307 e. The van der Waals surface area contributed by atoms with E-state index in [0.717, 1.165) is 11.8 Å². The molecule has 5 heteroatoms. The molecule has 76 valence electrons. The van der Waals surface area contributed by atoms with Crippen LogP contribution >= 0.6 is 21.6 Å². The highest BCUT2D eigenvalue weighted by molar-refractivity contribution is 8.77. The van der Waals surface area contributed by atoms with Crippen molar-refractivity contribution in [1.82, 2.24) is 4.90 Å². The molecule has 1 aliphatic rings. The summed E-state index contributed by atoms with van der Waals surface area (Å²) < 4.78 is 4.89. The average Bonchev–Trinajstić information content (AvgIpc) is 2.55. The number of carbonyl (C=O) groups excluding carboxylic acids is 1. The van der Waals surface area contributed by atoms with E-state index in [9.17, 15) is 4.79 Å². The second kappa shape index (κ2) is 5.78. The van der Waals surface area contributed by atoms with Crippen LogP contribution in [-0.4, -0.2) is 35.3 Å². The molecule has 0 saturated carbocycles. The largest absolute Gasteiger partial charge is 0.466 e.